The van der Waals surface area contributed by atoms with Gasteiger partial charge in [-0.25, -0.2) is 9.37 Å². The van der Waals surface area contributed by atoms with Gasteiger partial charge < -0.3 is 16.8 Å². The van der Waals surface area contributed by atoms with Crippen LogP contribution in [0.3, 0.4) is 0 Å². The number of rotatable bonds is 4. The van der Waals surface area contributed by atoms with Crippen LogP contribution in [-0.4, -0.2) is 19.5 Å². The lowest BCUT2D eigenvalue weighted by molar-refractivity contribution is 0.631. The smallest absolute Gasteiger partial charge is 0.266 e. The van der Waals surface area contributed by atoms with Crippen molar-refractivity contribution in [2.45, 2.75) is 19.9 Å². The Labute approximate surface area is 182 Å². The van der Waals surface area contributed by atoms with E-state index in [9.17, 15) is 14.4 Å². The average molecular weight is 430 g/mol. The number of aromatic nitrogens is 4. The summed E-state index contributed by atoms with van der Waals surface area (Å²) in [5, 5.41) is 12.7. The first-order valence-electron chi connectivity index (χ1n) is 9.68. The summed E-state index contributed by atoms with van der Waals surface area (Å²) in [5.74, 6) is -0.501. The van der Waals surface area contributed by atoms with Crippen LogP contribution >= 0.6 is 0 Å². The van der Waals surface area contributed by atoms with E-state index < -0.39 is 17.4 Å². The molecular formula is C22H19FN8O. The first-order valence-corrected chi connectivity index (χ1v) is 9.68. The van der Waals surface area contributed by atoms with Gasteiger partial charge in [-0.15, -0.1) is 0 Å². The molecule has 0 aliphatic heterocycles. The summed E-state index contributed by atoms with van der Waals surface area (Å²) in [5.41, 5.74) is 12.2. The summed E-state index contributed by atoms with van der Waals surface area (Å²) < 4.78 is 16.1. The molecule has 4 aromatic rings. The summed E-state index contributed by atoms with van der Waals surface area (Å²) >= 11 is 0. The Morgan fingerprint density at radius 2 is 1.84 bits per heavy atom. The molecule has 0 aliphatic rings. The highest BCUT2D eigenvalue weighted by Gasteiger charge is 2.22. The summed E-state index contributed by atoms with van der Waals surface area (Å²) in [6.45, 7) is 3.43. The van der Waals surface area contributed by atoms with Crippen molar-refractivity contribution < 1.29 is 4.39 Å². The first-order chi connectivity index (χ1) is 15.3. The monoisotopic (exact) mass is 430 g/mol. The van der Waals surface area contributed by atoms with Crippen molar-refractivity contribution in [3.63, 3.8) is 0 Å². The fourth-order valence-electron chi connectivity index (χ4n) is 3.52. The molecule has 0 unspecified atom stereocenters. The number of nitrogens with one attached hydrogen (secondary N) is 1. The minimum Gasteiger partial charge on any atom is -0.382 e. The lowest BCUT2D eigenvalue weighted by Gasteiger charge is -2.21. The predicted octanol–water partition coefficient (Wildman–Crippen LogP) is 2.83. The molecule has 10 heteroatoms. The minimum absolute atomic E-state index is 0.00229. The van der Waals surface area contributed by atoms with Crippen LogP contribution in [0, 0.1) is 24.1 Å². The number of halogens is 1. The van der Waals surface area contributed by atoms with Gasteiger partial charge in [0.2, 0.25) is 5.95 Å². The molecule has 160 valence electrons. The van der Waals surface area contributed by atoms with Crippen molar-refractivity contribution >= 4 is 28.5 Å². The summed E-state index contributed by atoms with van der Waals surface area (Å²) in [4.78, 5) is 25.9. The Bertz CT molecular complexity index is 1440. The van der Waals surface area contributed by atoms with E-state index in [0.29, 0.717) is 11.3 Å². The van der Waals surface area contributed by atoms with E-state index in [0.717, 1.165) is 0 Å². The van der Waals surface area contributed by atoms with E-state index in [1.807, 2.05) is 12.1 Å². The third-order valence-corrected chi connectivity index (χ3v) is 5.03. The van der Waals surface area contributed by atoms with Crippen LogP contribution in [0.25, 0.3) is 16.6 Å². The molecule has 1 atom stereocenters. The topological polar surface area (TPSA) is 149 Å². The maximum Gasteiger partial charge on any atom is 0.266 e. The van der Waals surface area contributed by atoms with E-state index in [1.54, 1.807) is 44.2 Å². The van der Waals surface area contributed by atoms with Gasteiger partial charge in [0.15, 0.2) is 5.82 Å². The number of hydrogen-bond donors (Lipinski definition) is 3. The molecule has 0 saturated heterocycles. The van der Waals surface area contributed by atoms with E-state index in [1.165, 1.54) is 10.6 Å². The molecule has 2 aromatic heterocycles. The number of anilines is 3. The molecular weight excluding hydrogens is 411 g/mol. The number of para-hydroxylation sites is 1. The van der Waals surface area contributed by atoms with Gasteiger partial charge in [0.05, 0.1) is 17.1 Å². The number of nitrogen functional groups attached to an aromatic ring is 2. The van der Waals surface area contributed by atoms with E-state index in [4.69, 9.17) is 11.5 Å². The number of nitrogens with two attached hydrogens (primary N) is 2. The molecule has 9 nitrogen and oxygen atoms in total. The molecule has 32 heavy (non-hydrogen) atoms. The highest BCUT2D eigenvalue weighted by molar-refractivity contribution is 5.82. The molecule has 0 saturated carbocycles. The summed E-state index contributed by atoms with van der Waals surface area (Å²) in [6, 6.07) is 13.0. The average Bonchev–Trinajstić information content (AvgIpc) is 2.76. The number of aryl methyl sites for hydroxylation is 1. The Morgan fingerprint density at radius 1 is 1.12 bits per heavy atom. The number of nitriles is 1. The van der Waals surface area contributed by atoms with Gasteiger partial charge in [-0.1, -0.05) is 24.3 Å². The van der Waals surface area contributed by atoms with Crippen LogP contribution < -0.4 is 22.3 Å². The van der Waals surface area contributed by atoms with Crippen LogP contribution in [0.5, 0.6) is 0 Å². The third-order valence-electron chi connectivity index (χ3n) is 5.03. The molecule has 0 bridgehead atoms. The molecule has 5 N–H and O–H groups in total. The zero-order valence-corrected chi connectivity index (χ0v) is 17.3. The van der Waals surface area contributed by atoms with Gasteiger partial charge in [0.1, 0.15) is 34.6 Å². The largest absolute Gasteiger partial charge is 0.382 e. The summed E-state index contributed by atoms with van der Waals surface area (Å²) in [6.07, 6.45) is 0. The van der Waals surface area contributed by atoms with Gasteiger partial charge in [-0.3, -0.25) is 9.36 Å². The van der Waals surface area contributed by atoms with Gasteiger partial charge in [-0.2, -0.15) is 15.2 Å². The van der Waals surface area contributed by atoms with Crippen LogP contribution in [0.1, 0.15) is 29.9 Å². The fourth-order valence-corrected chi connectivity index (χ4v) is 3.52. The van der Waals surface area contributed by atoms with E-state index in [-0.39, 0.29) is 39.9 Å². The Kier molecular flexibility index (Phi) is 5.16. The van der Waals surface area contributed by atoms with Crippen LogP contribution in [-0.2, 0) is 0 Å². The molecule has 0 spiro atoms. The van der Waals surface area contributed by atoms with Crippen molar-refractivity contribution in [3.05, 3.63) is 75.6 Å². The van der Waals surface area contributed by atoms with Gasteiger partial charge in [0, 0.05) is 0 Å². The molecule has 4 rings (SSSR count). The molecule has 0 radical (unpaired) electrons. The SMILES string of the molecule is Cc1ccc(F)c2nc([C@H](C)Nc3nc(N)nc(N)c3C#N)n(-c3ccccc3)c(=O)c12. The van der Waals surface area contributed by atoms with Gasteiger partial charge in [0.25, 0.3) is 5.56 Å². The van der Waals surface area contributed by atoms with E-state index in [2.05, 4.69) is 20.3 Å². The zero-order valence-electron chi connectivity index (χ0n) is 17.3. The quantitative estimate of drug-likeness (QED) is 0.447. The normalized spacial score (nSPS) is 11.8. The van der Waals surface area contributed by atoms with Crippen LogP contribution in [0.2, 0.25) is 0 Å². The van der Waals surface area contributed by atoms with Crippen molar-refractivity contribution in [1.82, 2.24) is 19.5 Å². The van der Waals surface area contributed by atoms with Crippen LogP contribution in [0.4, 0.5) is 22.0 Å². The zero-order chi connectivity index (χ0) is 23.0. The molecule has 0 fully saturated rings. The van der Waals surface area contributed by atoms with E-state index >= 15 is 0 Å². The van der Waals surface area contributed by atoms with Crippen molar-refractivity contribution in [2.24, 2.45) is 0 Å². The molecule has 0 aliphatic carbocycles. The highest BCUT2D eigenvalue weighted by Crippen LogP contribution is 2.26. The summed E-state index contributed by atoms with van der Waals surface area (Å²) in [7, 11) is 0. The van der Waals surface area contributed by atoms with Crippen molar-refractivity contribution in [2.75, 3.05) is 16.8 Å². The maximum atomic E-state index is 14.6. The fraction of sp³-hybridized carbons (Fsp3) is 0.136. The molecule has 2 aromatic carbocycles. The van der Waals surface area contributed by atoms with Gasteiger partial charge in [-0.05, 0) is 37.6 Å². The Balaban J connectivity index is 1.97. The number of hydrogen-bond acceptors (Lipinski definition) is 8. The van der Waals surface area contributed by atoms with Gasteiger partial charge >= 0.3 is 0 Å². The molecule has 2 heterocycles. The second-order valence-corrected chi connectivity index (χ2v) is 7.20. The number of fused-ring (bicyclic) bond motifs is 1. The Morgan fingerprint density at radius 3 is 2.53 bits per heavy atom. The highest BCUT2D eigenvalue weighted by atomic mass is 19.1. The number of benzene rings is 2. The third kappa shape index (κ3) is 3.45. The second-order valence-electron chi connectivity index (χ2n) is 7.20. The van der Waals surface area contributed by atoms with Crippen molar-refractivity contribution in [3.8, 4) is 11.8 Å². The number of nitrogens with zero attached hydrogens (tertiary/aromatic N) is 5. The standard InChI is InChI=1S/C22H19FN8O/c1-11-8-9-15(23)17-16(11)21(32)31(13-6-4-3-5-7-13)20(28-17)12(2)27-19-14(10-24)18(25)29-22(26)30-19/h3-9,12H,1-2H3,(H5,25,26,27,29,30)/t12-/m0/s1. The minimum atomic E-state index is -0.687. The lowest BCUT2D eigenvalue weighted by atomic mass is 10.1. The Hall–Kier alpha value is -4.52. The molecule has 0 amide bonds. The predicted molar refractivity (Wildman–Crippen MR) is 120 cm³/mol. The lowest BCUT2D eigenvalue weighted by Crippen LogP contribution is -2.28. The first kappa shape index (κ1) is 20.7. The van der Waals surface area contributed by atoms with Crippen LogP contribution in [0.15, 0.2) is 47.3 Å². The van der Waals surface area contributed by atoms with Crippen molar-refractivity contribution in [1.29, 1.82) is 5.26 Å². The maximum absolute atomic E-state index is 14.6. The second kappa shape index (κ2) is 7.96.